The van der Waals surface area contributed by atoms with Crippen LogP contribution in [0.25, 0.3) is 0 Å². The number of ether oxygens (including phenoxy) is 4. The van der Waals surface area contributed by atoms with Crippen molar-refractivity contribution in [3.05, 3.63) is 63.7 Å². The van der Waals surface area contributed by atoms with Crippen molar-refractivity contribution in [2.75, 3.05) is 7.11 Å². The molecule has 2 aromatic rings. The summed E-state index contributed by atoms with van der Waals surface area (Å²) in [4.78, 5) is 124. The molecule has 110 heavy (non-hydrogen) atoms. The topological polar surface area (TPSA) is 344 Å². The second kappa shape index (κ2) is 38.8. The first-order valence-electron chi connectivity index (χ1n) is 41.9. The number of aliphatic hydroxyl groups is 2. The van der Waals surface area contributed by atoms with Crippen LogP contribution in [0, 0.1) is 58.2 Å². The number of ketones is 3. The average molecular weight is 1530 g/mol. The van der Waals surface area contributed by atoms with E-state index in [1.54, 1.807) is 6.92 Å². The van der Waals surface area contributed by atoms with Crippen LogP contribution in [0.1, 0.15) is 318 Å². The number of hydrogen-bond acceptors (Lipinski definition) is 18. The summed E-state index contributed by atoms with van der Waals surface area (Å²) in [5.41, 5.74) is 2.20. The van der Waals surface area contributed by atoms with Gasteiger partial charge in [-0.25, -0.2) is 5.43 Å². The van der Waals surface area contributed by atoms with E-state index in [4.69, 9.17) is 18.9 Å². The van der Waals surface area contributed by atoms with Crippen molar-refractivity contribution < 1.29 is 82.5 Å². The Morgan fingerprint density at radius 1 is 0.682 bits per heavy atom. The van der Waals surface area contributed by atoms with Gasteiger partial charge >= 0.3 is 5.97 Å². The predicted molar refractivity (Wildman–Crippen MR) is 418 cm³/mol. The minimum Gasteiger partial charge on any atom is -0.507 e. The number of fused-ring (bicyclic) bond motifs is 8. The van der Waals surface area contributed by atoms with Crippen LogP contribution in [0.4, 0.5) is 0 Å². The van der Waals surface area contributed by atoms with Crippen molar-refractivity contribution in [1.82, 2.24) is 32.1 Å². The first-order chi connectivity index (χ1) is 52.2. The second-order valence-electron chi connectivity index (χ2n) is 35.2. The number of allylic oxidation sites excluding steroid dienone is 2. The van der Waals surface area contributed by atoms with Gasteiger partial charge in [-0.2, -0.15) is 0 Å². The Labute approximate surface area is 652 Å². The number of phenolic OH excluding ortho intramolecular Hbond substituents is 2. The van der Waals surface area contributed by atoms with Gasteiger partial charge in [0.2, 0.25) is 35.3 Å². The lowest BCUT2D eigenvalue weighted by Gasteiger charge is -2.61. The van der Waals surface area contributed by atoms with Gasteiger partial charge in [-0.1, -0.05) is 131 Å². The van der Waals surface area contributed by atoms with Crippen molar-refractivity contribution in [2.24, 2.45) is 58.2 Å². The number of Topliss-reactive ketones (excluding diaryl/α,β-unsaturated/α-hetero) is 1. The smallest absolute Gasteiger partial charge is 0.306 e. The maximum absolute atomic E-state index is 14.4. The van der Waals surface area contributed by atoms with Crippen molar-refractivity contribution >= 4 is 52.9 Å². The fraction of sp³-hybridized carbons (Fsp3) is 0.736. The fourth-order valence-corrected chi connectivity index (χ4v) is 20.2. The van der Waals surface area contributed by atoms with E-state index in [-0.39, 0.29) is 94.3 Å². The molecule has 0 bridgehead atoms. The van der Waals surface area contributed by atoms with Crippen molar-refractivity contribution in [3.63, 3.8) is 0 Å². The zero-order valence-corrected chi connectivity index (χ0v) is 68.1. The standard InChI is InChI=1S/C87H132N6O17/c1-14-15-16-17-18-19-20-21-22-23-24-25-26-27-28-32-70(96)109-57-39-41-85(11)56(45-57)34-35-58-62-37-36-61(86(62,12)42-40-63(58)85)51(6)33-38-69(95)93-92-53(8)82(103)91-65(43-49(2)3)83(104)88-52(7)81(102)90-66(44-50(4)5)84(105)89-64-46-71(108-54(9)76(64)97)110-68-48-87(106,55(10)94)47-60-73(68)80(101)75-74(78(60)99)77(98)59-30-29-31-67(107-13)72(59)79(75)100/h21-22,29-31,49-54,56-58,61-66,68,71,76,92,97,99,101,106H,14-20,23-28,32-48H2,1-13H3,(H,88,104)(H,89,105)(H,90,102)(H,91,103)(H,93,95)/b22-21-/t51?,52-,53-,54-,56?,57?,58?,61+,62?,63?,64-,65-,66-,68-,71-,76+,85-,86+,87-/m0/s1. The molecular weight excluding hydrogens is 1400 g/mol. The minimum absolute atomic E-state index is 0.0153. The molecule has 0 radical (unpaired) electrons. The van der Waals surface area contributed by atoms with Gasteiger partial charge in [-0.3, -0.25) is 48.6 Å². The molecule has 2 aromatic carbocycles. The molecule has 1 saturated heterocycles. The van der Waals surface area contributed by atoms with Gasteiger partial charge in [0.05, 0.1) is 42.0 Å². The summed E-state index contributed by atoms with van der Waals surface area (Å²) in [5, 5.41) is 58.3. The number of benzene rings is 2. The number of unbranched alkanes of at least 4 members (excludes halogenated alkanes) is 11. The third-order valence-corrected chi connectivity index (χ3v) is 26.5. The molecule has 5 amide bonds. The van der Waals surface area contributed by atoms with Crippen LogP contribution >= 0.6 is 0 Å². The van der Waals surface area contributed by atoms with Crippen LogP contribution in [0.2, 0.25) is 0 Å². The van der Waals surface area contributed by atoms with Crippen LogP contribution in [0.3, 0.4) is 0 Å². The van der Waals surface area contributed by atoms with Gasteiger partial charge in [-0.15, -0.1) is 0 Å². The minimum atomic E-state index is -2.20. The highest BCUT2D eigenvalue weighted by atomic mass is 16.7. The number of esters is 1. The molecule has 23 heteroatoms. The fourth-order valence-electron chi connectivity index (χ4n) is 20.2. The molecule has 1 heterocycles. The summed E-state index contributed by atoms with van der Waals surface area (Å²) >= 11 is 0. The van der Waals surface area contributed by atoms with E-state index in [2.05, 4.69) is 72.0 Å². The summed E-state index contributed by atoms with van der Waals surface area (Å²) in [5.74, 6) is -3.46. The first kappa shape index (κ1) is 87.2. The van der Waals surface area contributed by atoms with Crippen LogP contribution in [0.15, 0.2) is 30.4 Å². The maximum atomic E-state index is 14.4. The van der Waals surface area contributed by atoms with E-state index >= 15 is 0 Å². The highest BCUT2D eigenvalue weighted by Gasteiger charge is 2.61. The molecular formula is C87H132N6O17. The van der Waals surface area contributed by atoms with E-state index in [1.807, 2.05) is 27.7 Å². The maximum Gasteiger partial charge on any atom is 0.306 e. The highest BCUT2D eigenvalue weighted by molar-refractivity contribution is 6.31. The number of rotatable bonds is 38. The lowest BCUT2D eigenvalue weighted by atomic mass is 9.44. The summed E-state index contributed by atoms with van der Waals surface area (Å²) in [7, 11) is 1.31. The first-order valence-corrected chi connectivity index (χ1v) is 41.9. The molecule has 7 aliphatic rings. The summed E-state index contributed by atoms with van der Waals surface area (Å²) in [6.07, 6.45) is 26.4. The molecule has 5 fully saturated rings. The van der Waals surface area contributed by atoms with E-state index in [1.165, 1.54) is 135 Å². The number of carbonyl (C=O) groups is 9. The number of methoxy groups -OCH3 is 1. The van der Waals surface area contributed by atoms with E-state index < -0.39 is 137 Å². The second-order valence-corrected chi connectivity index (χ2v) is 35.2. The largest absolute Gasteiger partial charge is 0.507 e. The average Bonchev–Trinajstić information content (AvgIpc) is 1.01. The summed E-state index contributed by atoms with van der Waals surface area (Å²) in [6.45, 7) is 22.8. The van der Waals surface area contributed by atoms with Gasteiger partial charge < -0.3 is 60.6 Å². The van der Waals surface area contributed by atoms with E-state index in [0.29, 0.717) is 48.3 Å². The molecule has 0 aromatic heterocycles. The number of carbonyl (C=O) groups excluding carboxylic acids is 9. The Morgan fingerprint density at radius 2 is 1.30 bits per heavy atom. The number of nitrogens with one attached hydrogen (secondary N) is 6. The van der Waals surface area contributed by atoms with Crippen LogP contribution in [0.5, 0.6) is 17.2 Å². The van der Waals surface area contributed by atoms with Crippen LogP contribution in [-0.2, 0) is 54.2 Å². The van der Waals surface area contributed by atoms with Crippen molar-refractivity contribution in [3.8, 4) is 17.2 Å². The van der Waals surface area contributed by atoms with E-state index in [0.717, 1.165) is 51.9 Å². The molecule has 1 aliphatic heterocycles. The Balaban J connectivity index is 0.706. The monoisotopic (exact) mass is 1530 g/mol. The quantitative estimate of drug-likeness (QED) is 0.00837. The lowest BCUT2D eigenvalue weighted by Crippen LogP contribution is -2.60. The summed E-state index contributed by atoms with van der Waals surface area (Å²) in [6, 6.07) is -1.20. The predicted octanol–water partition coefficient (Wildman–Crippen LogP) is 12.8. The van der Waals surface area contributed by atoms with Crippen molar-refractivity contribution in [2.45, 2.75) is 342 Å². The SMILES string of the molecule is CCCCCCCC/C=C\CCCCCCCC(=O)OC1CC[C@@]2(C)C(CCC3C2CC[C@@]2(C)C3CC[C@@H]2C(C)CCC(=O)NN[C@@H](C)C(=O)N[C@@H](CC(C)C)C(=O)N[C@@H](C)C(=O)N[C@@H](CC(C)C)C(=O)N[C@H]2C[C@H](O[C@H]3C[C@](O)(C(C)=O)Cc4c(O)c5c(c(O)c43)C(=O)c3c(OC)cccc3C5=O)O[C@@H](C)[C@H]2O)C1. The molecule has 6 aliphatic carbocycles. The van der Waals surface area contributed by atoms with Gasteiger partial charge in [0, 0.05) is 48.8 Å². The Hall–Kier alpha value is -6.79. The molecule has 10 N–H and O–H groups in total. The molecule has 0 spiro atoms. The van der Waals surface area contributed by atoms with Gasteiger partial charge in [0.15, 0.2) is 17.9 Å². The number of amides is 5. The number of phenols is 2. The molecule has 9 rings (SSSR count). The molecule has 4 saturated carbocycles. The van der Waals surface area contributed by atoms with Crippen LogP contribution in [-0.4, -0.2) is 141 Å². The lowest BCUT2D eigenvalue weighted by molar-refractivity contribution is -0.249. The third kappa shape index (κ3) is 20.6. The molecule has 6 unspecified atom stereocenters. The van der Waals surface area contributed by atoms with E-state index in [9.17, 15) is 63.6 Å². The zero-order chi connectivity index (χ0) is 80.1. The highest BCUT2D eigenvalue weighted by Crippen LogP contribution is 2.69. The van der Waals surface area contributed by atoms with Gasteiger partial charge in [0.1, 0.15) is 59.2 Å². The third-order valence-electron chi connectivity index (χ3n) is 26.5. The summed E-state index contributed by atoms with van der Waals surface area (Å²) < 4.78 is 24.1. The number of aliphatic hydroxyl groups excluding tert-OH is 1. The van der Waals surface area contributed by atoms with Crippen LogP contribution < -0.4 is 36.9 Å². The Kier molecular flexibility index (Phi) is 30.8. The Morgan fingerprint density at radius 3 is 1.95 bits per heavy atom. The molecule has 23 nitrogen and oxygen atoms in total. The van der Waals surface area contributed by atoms with Gasteiger partial charge in [0.25, 0.3) is 0 Å². The number of aromatic hydroxyl groups is 2. The van der Waals surface area contributed by atoms with Crippen molar-refractivity contribution in [1.29, 1.82) is 0 Å². The normalized spacial score (nSPS) is 28.9. The Bertz CT molecular complexity index is 3620. The number of hydrazine groups is 1. The van der Waals surface area contributed by atoms with Gasteiger partial charge in [-0.05, 0) is 201 Å². The zero-order valence-electron chi connectivity index (χ0n) is 68.1. The number of hydrogen-bond donors (Lipinski definition) is 10. The molecule has 612 valence electrons. The molecule has 19 atom stereocenters.